The zero-order valence-corrected chi connectivity index (χ0v) is 11.8. The van der Waals surface area contributed by atoms with Gasteiger partial charge in [-0.3, -0.25) is 4.79 Å². The molecule has 4 N–H and O–H groups in total. The van der Waals surface area contributed by atoms with Crippen molar-refractivity contribution in [2.45, 2.75) is 45.6 Å². The Labute approximate surface area is 114 Å². The molecule has 1 unspecified atom stereocenters. The average molecular weight is 271 g/mol. The second-order valence-corrected chi connectivity index (χ2v) is 5.41. The summed E-state index contributed by atoms with van der Waals surface area (Å²) in [6.45, 7) is 5.09. The van der Waals surface area contributed by atoms with Crippen LogP contribution in [-0.2, 0) is 4.79 Å². The highest BCUT2D eigenvalue weighted by atomic mass is 16.4. The molecule has 6 heteroatoms. The van der Waals surface area contributed by atoms with Gasteiger partial charge in [0.25, 0.3) is 0 Å². The Balaban J connectivity index is 2.07. The van der Waals surface area contributed by atoms with Gasteiger partial charge >= 0.3 is 12.0 Å². The molecule has 6 nitrogen and oxygen atoms in total. The Morgan fingerprint density at radius 2 is 1.95 bits per heavy atom. The molecule has 0 aliphatic heterocycles. The van der Waals surface area contributed by atoms with Crippen LogP contribution in [0, 0.1) is 5.41 Å². The largest absolute Gasteiger partial charge is 0.481 e. The normalized spacial score (nSPS) is 17.6. The van der Waals surface area contributed by atoms with Gasteiger partial charge in [-0.05, 0) is 39.2 Å². The second-order valence-electron chi connectivity index (χ2n) is 5.41. The smallest absolute Gasteiger partial charge is 0.314 e. The maximum atomic E-state index is 11.5. The van der Waals surface area contributed by atoms with E-state index >= 15 is 0 Å². The molecule has 0 aromatic rings. The first kappa shape index (κ1) is 15.8. The molecule has 0 saturated heterocycles. The van der Waals surface area contributed by atoms with E-state index in [4.69, 9.17) is 5.11 Å². The van der Waals surface area contributed by atoms with E-state index in [-0.39, 0.29) is 12.6 Å². The summed E-state index contributed by atoms with van der Waals surface area (Å²) < 4.78 is 0. The van der Waals surface area contributed by atoms with Crippen molar-refractivity contribution >= 4 is 12.0 Å². The van der Waals surface area contributed by atoms with Crippen LogP contribution in [0.5, 0.6) is 0 Å². The van der Waals surface area contributed by atoms with Crippen molar-refractivity contribution in [2.75, 3.05) is 19.6 Å². The highest BCUT2D eigenvalue weighted by Crippen LogP contribution is 2.19. The van der Waals surface area contributed by atoms with E-state index in [1.807, 2.05) is 0 Å². The number of carbonyl (C=O) groups excluding carboxylic acids is 1. The quantitative estimate of drug-likeness (QED) is 0.470. The first-order valence-electron chi connectivity index (χ1n) is 6.96. The molecular formula is C13H25N3O3. The number of rotatable bonds is 9. The molecule has 0 aromatic heterocycles. The Morgan fingerprint density at radius 3 is 2.47 bits per heavy atom. The first-order valence-corrected chi connectivity index (χ1v) is 6.96. The number of nitrogens with one attached hydrogen (secondary N) is 3. The van der Waals surface area contributed by atoms with Crippen LogP contribution in [0.4, 0.5) is 4.79 Å². The van der Waals surface area contributed by atoms with Gasteiger partial charge in [0.15, 0.2) is 0 Å². The van der Waals surface area contributed by atoms with Crippen LogP contribution < -0.4 is 16.0 Å². The van der Waals surface area contributed by atoms with Crippen LogP contribution in [-0.4, -0.2) is 42.8 Å². The molecule has 0 aromatic carbocycles. The van der Waals surface area contributed by atoms with Crippen LogP contribution in [0.2, 0.25) is 0 Å². The van der Waals surface area contributed by atoms with E-state index in [1.165, 1.54) is 12.8 Å². The Morgan fingerprint density at radius 1 is 1.26 bits per heavy atom. The van der Waals surface area contributed by atoms with Crippen molar-refractivity contribution in [3.63, 3.8) is 0 Å². The summed E-state index contributed by atoms with van der Waals surface area (Å²) in [6.07, 6.45) is 3.89. The van der Waals surface area contributed by atoms with Crippen molar-refractivity contribution < 1.29 is 14.7 Å². The highest BCUT2D eigenvalue weighted by Gasteiger charge is 2.31. The summed E-state index contributed by atoms with van der Waals surface area (Å²) >= 11 is 0. The second kappa shape index (κ2) is 7.33. The zero-order chi connectivity index (χ0) is 14.3. The fourth-order valence-electron chi connectivity index (χ4n) is 1.57. The molecule has 1 fully saturated rings. The molecule has 19 heavy (non-hydrogen) atoms. The number of carboxylic acid groups (broad SMARTS) is 1. The van der Waals surface area contributed by atoms with Crippen molar-refractivity contribution in [3.8, 4) is 0 Å². The van der Waals surface area contributed by atoms with Crippen LogP contribution in [0.25, 0.3) is 0 Å². The first-order chi connectivity index (χ1) is 8.98. The summed E-state index contributed by atoms with van der Waals surface area (Å²) in [7, 11) is 0. The third-order valence-electron chi connectivity index (χ3n) is 3.59. The summed E-state index contributed by atoms with van der Waals surface area (Å²) in [4.78, 5) is 22.6. The Hall–Kier alpha value is -1.30. The maximum absolute atomic E-state index is 11.5. The van der Waals surface area contributed by atoms with Crippen molar-refractivity contribution in [1.29, 1.82) is 0 Å². The molecule has 0 bridgehead atoms. The van der Waals surface area contributed by atoms with Crippen LogP contribution >= 0.6 is 0 Å². The van der Waals surface area contributed by atoms with Crippen LogP contribution in [0.3, 0.4) is 0 Å². The number of carbonyl (C=O) groups is 2. The fourth-order valence-corrected chi connectivity index (χ4v) is 1.57. The Bertz CT molecular complexity index is 318. The molecule has 0 radical (unpaired) electrons. The zero-order valence-electron chi connectivity index (χ0n) is 11.8. The van der Waals surface area contributed by atoms with E-state index in [2.05, 4.69) is 16.0 Å². The van der Waals surface area contributed by atoms with Gasteiger partial charge in [0.2, 0.25) is 0 Å². The summed E-state index contributed by atoms with van der Waals surface area (Å²) in [5.41, 5.74) is -0.898. The molecule has 0 heterocycles. The molecule has 110 valence electrons. The third-order valence-corrected chi connectivity index (χ3v) is 3.59. The predicted octanol–water partition coefficient (Wildman–Crippen LogP) is 0.929. The third kappa shape index (κ3) is 5.92. The van der Waals surface area contributed by atoms with Gasteiger partial charge in [-0.1, -0.05) is 6.92 Å². The van der Waals surface area contributed by atoms with Gasteiger partial charge in [-0.15, -0.1) is 0 Å². The van der Waals surface area contributed by atoms with E-state index in [1.54, 1.807) is 13.8 Å². The van der Waals surface area contributed by atoms with Crippen LogP contribution in [0.15, 0.2) is 0 Å². The van der Waals surface area contributed by atoms with Gasteiger partial charge in [-0.25, -0.2) is 4.79 Å². The minimum absolute atomic E-state index is 0.144. The lowest BCUT2D eigenvalue weighted by atomic mass is 9.88. The molecule has 1 aliphatic rings. The lowest BCUT2D eigenvalue weighted by molar-refractivity contribution is -0.147. The maximum Gasteiger partial charge on any atom is 0.314 e. The number of carboxylic acids is 1. The molecule has 0 spiro atoms. The number of urea groups is 1. The lowest BCUT2D eigenvalue weighted by Gasteiger charge is -2.23. The number of hydrogen-bond donors (Lipinski definition) is 4. The molecule has 1 rings (SSSR count). The minimum atomic E-state index is -0.898. The van der Waals surface area contributed by atoms with Gasteiger partial charge in [0.1, 0.15) is 0 Å². The number of aliphatic carboxylic acids is 1. The molecule has 1 atom stereocenters. The van der Waals surface area contributed by atoms with Gasteiger partial charge in [0, 0.05) is 19.1 Å². The monoisotopic (exact) mass is 271 g/mol. The highest BCUT2D eigenvalue weighted by molar-refractivity contribution is 5.77. The fraction of sp³-hybridized carbons (Fsp3) is 0.846. The van der Waals surface area contributed by atoms with Crippen molar-refractivity contribution in [2.24, 2.45) is 5.41 Å². The van der Waals surface area contributed by atoms with E-state index in [0.717, 1.165) is 13.0 Å². The van der Waals surface area contributed by atoms with Crippen molar-refractivity contribution in [1.82, 2.24) is 16.0 Å². The molecule has 1 saturated carbocycles. The summed E-state index contributed by atoms with van der Waals surface area (Å²) in [6, 6.07) is 0.391. The lowest BCUT2D eigenvalue weighted by Crippen LogP contribution is -2.45. The summed E-state index contributed by atoms with van der Waals surface area (Å²) in [5.74, 6) is -0.885. The minimum Gasteiger partial charge on any atom is -0.481 e. The van der Waals surface area contributed by atoms with E-state index < -0.39 is 11.4 Å². The number of hydrogen-bond acceptors (Lipinski definition) is 3. The molecule has 2 amide bonds. The van der Waals surface area contributed by atoms with E-state index in [9.17, 15) is 9.59 Å². The van der Waals surface area contributed by atoms with Crippen molar-refractivity contribution in [3.05, 3.63) is 0 Å². The van der Waals surface area contributed by atoms with Gasteiger partial charge < -0.3 is 21.1 Å². The molecular weight excluding hydrogens is 246 g/mol. The number of amides is 2. The SMILES string of the molecule is CCC(C)(CNC(=O)NCCCNC1CC1)C(=O)O. The molecule has 1 aliphatic carbocycles. The summed E-state index contributed by atoms with van der Waals surface area (Å²) in [5, 5.41) is 17.8. The van der Waals surface area contributed by atoms with E-state index in [0.29, 0.717) is 19.0 Å². The van der Waals surface area contributed by atoms with Gasteiger partial charge in [0.05, 0.1) is 5.41 Å². The van der Waals surface area contributed by atoms with Crippen LogP contribution in [0.1, 0.15) is 39.5 Å². The Kier molecular flexibility index (Phi) is 6.08. The van der Waals surface area contributed by atoms with Gasteiger partial charge in [-0.2, -0.15) is 0 Å². The predicted molar refractivity (Wildman–Crippen MR) is 73.1 cm³/mol. The topological polar surface area (TPSA) is 90.5 Å². The standard InChI is InChI=1S/C13H25N3O3/c1-3-13(2,11(17)18)9-16-12(19)15-8-4-7-14-10-5-6-10/h10,14H,3-9H2,1-2H3,(H,17,18)(H2,15,16,19). The average Bonchev–Trinajstić information content (AvgIpc) is 3.19.